The summed E-state index contributed by atoms with van der Waals surface area (Å²) in [5.41, 5.74) is 5.34. The van der Waals surface area contributed by atoms with Crippen molar-refractivity contribution in [1.82, 2.24) is 20.4 Å². The van der Waals surface area contributed by atoms with Crippen LogP contribution in [0, 0.1) is 34.0 Å². The number of amides is 3. The summed E-state index contributed by atoms with van der Waals surface area (Å²) in [5, 5.41) is 10.8. The summed E-state index contributed by atoms with van der Waals surface area (Å²) >= 11 is 0. The van der Waals surface area contributed by atoms with Crippen molar-refractivity contribution in [1.29, 1.82) is 0 Å². The zero-order valence-corrected chi connectivity index (χ0v) is 22.0. The molecule has 200 valence electrons. The molecular weight excluding hydrogens is 472 g/mol. The molecule has 6 rings (SSSR count). The normalized spacial score (nSPS) is 35.6. The van der Waals surface area contributed by atoms with Crippen LogP contribution in [0.4, 0.5) is 5.82 Å². The molecule has 37 heavy (non-hydrogen) atoms. The van der Waals surface area contributed by atoms with Gasteiger partial charge in [0.2, 0.25) is 11.8 Å². The Morgan fingerprint density at radius 1 is 1.24 bits per heavy atom. The third kappa shape index (κ3) is 3.26. The molecule has 10 nitrogen and oxygen atoms in total. The van der Waals surface area contributed by atoms with Gasteiger partial charge in [-0.3, -0.25) is 14.4 Å². The maximum atomic E-state index is 13.7. The van der Waals surface area contributed by atoms with Crippen LogP contribution in [-0.2, 0) is 14.3 Å². The summed E-state index contributed by atoms with van der Waals surface area (Å²) in [4.78, 5) is 40.7. The molecule has 1 aromatic rings. The van der Waals surface area contributed by atoms with E-state index in [1.54, 1.807) is 17.1 Å². The third-order valence-electron chi connectivity index (χ3n) is 10.2. The number of nitrogens with zero attached hydrogens (tertiary/aromatic N) is 3. The van der Waals surface area contributed by atoms with E-state index in [-0.39, 0.29) is 34.6 Å². The van der Waals surface area contributed by atoms with Gasteiger partial charge >= 0.3 is 0 Å². The standard InChI is InChI=1S/C27H38N6O4/c1-4-29-24(36)25(2,3)5-6-33-22(32-7-9-37-10-8-32)18(15-30-33)21(34)31-20-16-11-17-13-26(23(28)35)14-19(20)27(17,26)12-16/h5-6,15-17,19-20H,4,7-14H2,1-3H3,(H2,28,35)(H,29,36)(H,31,34)/b6-5+/t16?,17?,19?,20-,26-,27?/m1/s1. The predicted molar refractivity (Wildman–Crippen MR) is 137 cm³/mol. The molecule has 1 spiro atoms. The van der Waals surface area contributed by atoms with E-state index in [4.69, 9.17) is 10.5 Å². The quantitative estimate of drug-likeness (QED) is 0.484. The number of aromatic nitrogens is 2. The molecule has 6 atom stereocenters. The first-order valence-electron chi connectivity index (χ1n) is 13.6. The maximum absolute atomic E-state index is 13.7. The van der Waals surface area contributed by atoms with Gasteiger partial charge in [-0.05, 0) is 69.6 Å². The number of nitrogens with two attached hydrogens (primary N) is 1. The number of morpholine rings is 1. The van der Waals surface area contributed by atoms with Gasteiger partial charge in [-0.2, -0.15) is 5.10 Å². The van der Waals surface area contributed by atoms with Crippen molar-refractivity contribution in [2.45, 2.75) is 52.5 Å². The van der Waals surface area contributed by atoms with Gasteiger partial charge in [-0.25, -0.2) is 4.68 Å². The molecule has 4 N–H and O–H groups in total. The Kier molecular flexibility index (Phi) is 5.49. The zero-order chi connectivity index (χ0) is 26.2. The van der Waals surface area contributed by atoms with E-state index in [9.17, 15) is 14.4 Å². The van der Waals surface area contributed by atoms with Crippen molar-refractivity contribution in [2.24, 2.45) is 39.7 Å². The summed E-state index contributed by atoms with van der Waals surface area (Å²) in [5.74, 6) is 1.69. The van der Waals surface area contributed by atoms with E-state index >= 15 is 0 Å². The van der Waals surface area contributed by atoms with E-state index in [2.05, 4.69) is 20.6 Å². The minimum Gasteiger partial charge on any atom is -0.378 e. The number of nitrogens with one attached hydrogen (secondary N) is 2. The SMILES string of the molecule is CCNC(=O)C(C)(C)/C=C/n1ncc(C(=O)N[C@@H]2C3CC4C[C@]5(C(N)=O)CC2C45C3)c1N1CCOCC1. The minimum absolute atomic E-state index is 0.0199. The van der Waals surface area contributed by atoms with Gasteiger partial charge in [0.05, 0.1) is 30.2 Å². The average Bonchev–Trinajstić information content (AvgIpc) is 3.52. The monoisotopic (exact) mass is 510 g/mol. The first-order chi connectivity index (χ1) is 17.6. The lowest BCUT2D eigenvalue weighted by Gasteiger charge is -2.73. The molecule has 10 heteroatoms. The van der Waals surface area contributed by atoms with Gasteiger partial charge < -0.3 is 26.0 Å². The number of fused-ring (bicyclic) bond motifs is 1. The summed E-state index contributed by atoms with van der Waals surface area (Å²) in [7, 11) is 0. The van der Waals surface area contributed by atoms with E-state index in [0.717, 1.165) is 25.7 Å². The highest BCUT2D eigenvalue weighted by molar-refractivity contribution is 5.99. The second-order valence-electron chi connectivity index (χ2n) is 12.2. The van der Waals surface area contributed by atoms with E-state index in [1.807, 2.05) is 26.8 Å². The number of hydrogen-bond acceptors (Lipinski definition) is 6. The van der Waals surface area contributed by atoms with Gasteiger partial charge in [-0.1, -0.05) is 6.08 Å². The van der Waals surface area contributed by atoms with Crippen molar-refractivity contribution >= 4 is 29.7 Å². The van der Waals surface area contributed by atoms with Gasteiger partial charge in [-0.15, -0.1) is 0 Å². The molecule has 5 aliphatic rings. The average molecular weight is 511 g/mol. The lowest BCUT2D eigenvalue weighted by atomic mass is 9.29. The molecule has 0 radical (unpaired) electrons. The largest absolute Gasteiger partial charge is 0.378 e. The number of rotatable bonds is 8. The molecule has 5 fully saturated rings. The first-order valence-corrected chi connectivity index (χ1v) is 13.6. The molecule has 1 aromatic heterocycles. The molecule has 4 saturated carbocycles. The van der Waals surface area contributed by atoms with Crippen molar-refractivity contribution < 1.29 is 19.1 Å². The van der Waals surface area contributed by atoms with Crippen molar-refractivity contribution in [3.05, 3.63) is 17.8 Å². The van der Waals surface area contributed by atoms with Crippen LogP contribution in [-0.4, -0.2) is 66.4 Å². The van der Waals surface area contributed by atoms with Crippen LogP contribution >= 0.6 is 0 Å². The van der Waals surface area contributed by atoms with Crippen LogP contribution in [0.15, 0.2) is 12.3 Å². The second-order valence-corrected chi connectivity index (χ2v) is 12.2. The van der Waals surface area contributed by atoms with E-state index in [1.165, 1.54) is 0 Å². The Morgan fingerprint density at radius 3 is 2.70 bits per heavy atom. The fraction of sp³-hybridized carbons (Fsp3) is 0.704. The lowest BCUT2D eigenvalue weighted by molar-refractivity contribution is -0.251. The maximum Gasteiger partial charge on any atom is 0.256 e. The highest BCUT2D eigenvalue weighted by Crippen LogP contribution is 2.86. The predicted octanol–water partition coefficient (Wildman–Crippen LogP) is 1.37. The van der Waals surface area contributed by atoms with Crippen LogP contribution in [0.3, 0.4) is 0 Å². The molecule has 4 unspecified atom stereocenters. The fourth-order valence-corrected chi connectivity index (χ4v) is 8.46. The topological polar surface area (TPSA) is 132 Å². The molecular formula is C27H38N6O4. The van der Waals surface area contributed by atoms with Gasteiger partial charge in [0.25, 0.3) is 5.91 Å². The van der Waals surface area contributed by atoms with Gasteiger partial charge in [0.15, 0.2) is 0 Å². The minimum atomic E-state index is -0.731. The summed E-state index contributed by atoms with van der Waals surface area (Å²) in [6.07, 6.45) is 9.03. The summed E-state index contributed by atoms with van der Waals surface area (Å²) in [6, 6.07) is 0.0737. The number of ether oxygens (including phenoxy) is 1. The third-order valence-corrected chi connectivity index (χ3v) is 10.2. The van der Waals surface area contributed by atoms with Crippen LogP contribution in [0.1, 0.15) is 56.8 Å². The van der Waals surface area contributed by atoms with E-state index < -0.39 is 5.41 Å². The Morgan fingerprint density at radius 2 is 2.00 bits per heavy atom. The number of hydrogen-bond donors (Lipinski definition) is 3. The molecule has 4 aliphatic carbocycles. The molecule has 3 amide bonds. The fourth-order valence-electron chi connectivity index (χ4n) is 8.46. The number of carbonyl (C=O) groups is 3. The van der Waals surface area contributed by atoms with Crippen LogP contribution in [0.2, 0.25) is 0 Å². The van der Waals surface area contributed by atoms with Crippen LogP contribution < -0.4 is 21.3 Å². The highest BCUT2D eigenvalue weighted by Gasteiger charge is 2.85. The molecule has 2 bridgehead atoms. The first kappa shape index (κ1) is 24.5. The smallest absolute Gasteiger partial charge is 0.256 e. The van der Waals surface area contributed by atoms with Crippen LogP contribution in [0.5, 0.6) is 0 Å². The highest BCUT2D eigenvalue weighted by atomic mass is 16.5. The Balaban J connectivity index is 1.25. The Labute approximate surface area is 217 Å². The van der Waals surface area contributed by atoms with Gasteiger partial charge in [0.1, 0.15) is 11.4 Å². The lowest BCUT2D eigenvalue weighted by Crippen LogP contribution is -2.75. The van der Waals surface area contributed by atoms with Crippen molar-refractivity contribution in [2.75, 3.05) is 37.7 Å². The van der Waals surface area contributed by atoms with Crippen molar-refractivity contribution in [3.8, 4) is 0 Å². The van der Waals surface area contributed by atoms with E-state index in [0.29, 0.717) is 62.0 Å². The summed E-state index contributed by atoms with van der Waals surface area (Å²) < 4.78 is 7.25. The number of carbonyl (C=O) groups excluding carboxylic acids is 3. The Bertz CT molecular complexity index is 1170. The number of anilines is 1. The van der Waals surface area contributed by atoms with Gasteiger partial charge in [0, 0.05) is 31.9 Å². The molecule has 1 aliphatic heterocycles. The van der Waals surface area contributed by atoms with Crippen LogP contribution in [0.25, 0.3) is 6.20 Å². The molecule has 0 aromatic carbocycles. The molecule has 2 heterocycles. The Hall–Kier alpha value is -2.88. The molecule has 1 saturated heterocycles. The number of primary amides is 1. The second kappa shape index (κ2) is 8.31. The summed E-state index contributed by atoms with van der Waals surface area (Å²) in [6.45, 7) is 8.62. The van der Waals surface area contributed by atoms with Crippen molar-refractivity contribution in [3.63, 3.8) is 0 Å². The zero-order valence-electron chi connectivity index (χ0n) is 22.0.